The highest BCUT2D eigenvalue weighted by Gasteiger charge is 2.44. The van der Waals surface area contributed by atoms with E-state index in [4.69, 9.17) is 20.1 Å². The first-order valence-electron chi connectivity index (χ1n) is 18.9. The number of benzene rings is 3. The van der Waals surface area contributed by atoms with Gasteiger partial charge in [0.15, 0.2) is 17.0 Å². The minimum atomic E-state index is -3.97. The Kier molecular flexibility index (Phi) is 10.8. The Hall–Kier alpha value is -6.32. The number of carbonyl (C=O) groups is 1. The fraction of sp³-hybridized carbons (Fsp3) is 0.308. The first-order chi connectivity index (χ1) is 28.3. The molecule has 0 radical (unpaired) electrons. The number of anilines is 3. The summed E-state index contributed by atoms with van der Waals surface area (Å²) in [7, 11) is -3.97. The lowest BCUT2D eigenvalue weighted by molar-refractivity contribution is 0.00720. The fourth-order valence-electron chi connectivity index (χ4n) is 7.78. The number of fused-ring (bicyclic) bond motifs is 1. The largest absolute Gasteiger partial charge is 0.508 e. The number of hydrogen-bond acceptors (Lipinski definition) is 14. The Labute approximate surface area is 337 Å². The highest BCUT2D eigenvalue weighted by Crippen LogP contribution is 2.40. The van der Waals surface area contributed by atoms with Crippen LogP contribution in [0.1, 0.15) is 47.5 Å². The second-order valence-electron chi connectivity index (χ2n) is 14.8. The second-order valence-corrected chi connectivity index (χ2v) is 16.3. The smallest absolute Gasteiger partial charge is 0.319 e. The van der Waals surface area contributed by atoms with Crippen LogP contribution in [0.3, 0.4) is 0 Å². The average Bonchev–Trinajstić information content (AvgIpc) is 4.03. The van der Waals surface area contributed by atoms with E-state index in [9.17, 15) is 38.7 Å². The molecule has 0 spiro atoms. The van der Waals surface area contributed by atoms with Gasteiger partial charge in [0, 0.05) is 49.0 Å². The lowest BCUT2D eigenvalue weighted by Crippen LogP contribution is -2.40. The van der Waals surface area contributed by atoms with Crippen LogP contribution in [0.2, 0.25) is 0 Å². The molecule has 4 heterocycles. The first kappa shape index (κ1) is 39.5. The third-order valence-corrected chi connectivity index (χ3v) is 11.8. The summed E-state index contributed by atoms with van der Waals surface area (Å²) < 4.78 is 26.9. The van der Waals surface area contributed by atoms with Crippen molar-refractivity contribution >= 4 is 44.7 Å². The van der Waals surface area contributed by atoms with Crippen LogP contribution in [-0.2, 0) is 16.6 Å². The summed E-state index contributed by atoms with van der Waals surface area (Å²) in [6.45, 7) is 0.883. The standard InChI is InChI=1S/C39H43N11O8S/c40-59(57,58)29-3-1-2-25(14-29)44-39(56)45-26-12-13-48(19-26)38-46-36(41-17-30(23-4-8-27(52)9-5-23)24-6-10-28(53)11-7-24)33-37(47-38)49(21-42-33)31-15-32(35(55)34(31)54)50-18-22(20-51)16-43-50/h1-11,14,16,18,21,26,30-32,34-35,51-55H,12-13,15,17,19-20H2,(H2,40,57,58)(H,41,46,47)(H2,44,45,56)/t26-,31-,32+,34+,35-/m1/s1. The number of aromatic hydroxyl groups is 2. The zero-order valence-electron chi connectivity index (χ0n) is 31.4. The Morgan fingerprint density at radius 3 is 2.31 bits per heavy atom. The maximum atomic E-state index is 13.0. The number of primary sulfonamides is 1. The molecule has 2 aliphatic rings. The maximum Gasteiger partial charge on any atom is 0.319 e. The van der Waals surface area contributed by atoms with Crippen molar-refractivity contribution in [3.63, 3.8) is 0 Å². The molecule has 10 N–H and O–H groups in total. The number of phenolic OH excluding ortho intramolecular Hbond substituents is 2. The van der Waals surface area contributed by atoms with Crippen molar-refractivity contribution in [3.8, 4) is 11.5 Å². The van der Waals surface area contributed by atoms with Crippen LogP contribution in [0.5, 0.6) is 11.5 Å². The van der Waals surface area contributed by atoms with Crippen molar-refractivity contribution in [2.75, 3.05) is 35.2 Å². The van der Waals surface area contributed by atoms with Crippen molar-refractivity contribution in [3.05, 3.63) is 108 Å². The number of imidazole rings is 1. The monoisotopic (exact) mass is 825 g/mol. The normalized spacial score (nSPS) is 20.7. The van der Waals surface area contributed by atoms with E-state index in [0.717, 1.165) is 11.1 Å². The molecule has 2 fully saturated rings. The van der Waals surface area contributed by atoms with Crippen molar-refractivity contribution in [1.82, 2.24) is 34.6 Å². The number of nitrogens with two attached hydrogens (primary N) is 1. The van der Waals surface area contributed by atoms with Crippen LogP contribution in [0, 0.1) is 0 Å². The summed E-state index contributed by atoms with van der Waals surface area (Å²) in [6.07, 6.45) is 3.11. The van der Waals surface area contributed by atoms with Gasteiger partial charge in [0.05, 0.1) is 36.1 Å². The number of amides is 2. The zero-order valence-corrected chi connectivity index (χ0v) is 32.3. The van der Waals surface area contributed by atoms with Gasteiger partial charge in [0.1, 0.15) is 23.7 Å². The second kappa shape index (κ2) is 16.1. The summed E-state index contributed by atoms with van der Waals surface area (Å²) in [5.74, 6) is 0.686. The minimum Gasteiger partial charge on any atom is -0.508 e. The third-order valence-electron chi connectivity index (χ3n) is 10.9. The van der Waals surface area contributed by atoms with Gasteiger partial charge in [-0.1, -0.05) is 30.3 Å². The lowest BCUT2D eigenvalue weighted by Gasteiger charge is -2.22. The molecule has 20 heteroatoms. The molecular formula is C39H43N11O8S. The zero-order chi connectivity index (χ0) is 41.4. The molecule has 6 aromatic rings. The number of carbonyl (C=O) groups excluding carboxylic acids is 1. The first-order valence-corrected chi connectivity index (χ1v) is 20.4. The van der Waals surface area contributed by atoms with Crippen LogP contribution < -0.4 is 26.0 Å². The van der Waals surface area contributed by atoms with Gasteiger partial charge in [0.2, 0.25) is 16.0 Å². The number of urea groups is 1. The van der Waals surface area contributed by atoms with Crippen LogP contribution in [0.25, 0.3) is 11.2 Å². The van der Waals surface area contributed by atoms with Crippen molar-refractivity contribution < 1.29 is 38.7 Å². The average molecular weight is 826 g/mol. The summed E-state index contributed by atoms with van der Waals surface area (Å²) in [5.41, 5.74) is 3.39. The molecule has 8 rings (SSSR count). The highest BCUT2D eigenvalue weighted by molar-refractivity contribution is 7.89. The number of sulfonamides is 1. The van der Waals surface area contributed by atoms with E-state index < -0.39 is 40.3 Å². The number of hydrogen-bond donors (Lipinski definition) is 9. The summed E-state index contributed by atoms with van der Waals surface area (Å²) >= 11 is 0. The van der Waals surface area contributed by atoms with E-state index in [2.05, 4.69) is 21.0 Å². The molecule has 19 nitrogen and oxygen atoms in total. The van der Waals surface area contributed by atoms with Crippen LogP contribution in [-0.4, -0.2) is 107 Å². The number of rotatable bonds is 12. The van der Waals surface area contributed by atoms with Gasteiger partial charge in [0.25, 0.3) is 0 Å². The summed E-state index contributed by atoms with van der Waals surface area (Å²) in [4.78, 5) is 29.4. The number of phenols is 2. The molecule has 0 unspecified atom stereocenters. The van der Waals surface area contributed by atoms with Crippen molar-refractivity contribution in [2.24, 2.45) is 5.14 Å². The predicted molar refractivity (Wildman–Crippen MR) is 215 cm³/mol. The molecule has 1 aliphatic heterocycles. The molecule has 3 aromatic carbocycles. The van der Waals surface area contributed by atoms with E-state index in [1.807, 2.05) is 29.2 Å². The van der Waals surface area contributed by atoms with Gasteiger partial charge in [-0.15, -0.1) is 0 Å². The predicted octanol–water partition coefficient (Wildman–Crippen LogP) is 2.13. The molecule has 3 aromatic heterocycles. The van der Waals surface area contributed by atoms with Crippen molar-refractivity contribution in [1.29, 1.82) is 0 Å². The van der Waals surface area contributed by atoms with Gasteiger partial charge in [-0.3, -0.25) is 4.68 Å². The minimum absolute atomic E-state index is 0.119. The van der Waals surface area contributed by atoms with E-state index >= 15 is 0 Å². The van der Waals surface area contributed by atoms with Crippen molar-refractivity contribution in [2.45, 2.75) is 60.6 Å². The third kappa shape index (κ3) is 8.34. The molecular weight excluding hydrogens is 783 g/mol. The van der Waals surface area contributed by atoms with Gasteiger partial charge < -0.3 is 51.0 Å². The summed E-state index contributed by atoms with van der Waals surface area (Å²) in [6, 6.07) is 17.2. The molecule has 5 atom stereocenters. The Bertz CT molecular complexity index is 2520. The number of aliphatic hydroxyl groups is 3. The van der Waals surface area contributed by atoms with Gasteiger partial charge in [-0.05, 0) is 66.4 Å². The molecule has 2 amide bonds. The topological polar surface area (TPSA) is 279 Å². The number of aliphatic hydroxyl groups excluding tert-OH is 3. The van der Waals surface area contributed by atoms with E-state index in [1.165, 1.54) is 24.4 Å². The molecule has 59 heavy (non-hydrogen) atoms. The molecule has 1 aliphatic carbocycles. The van der Waals surface area contributed by atoms with E-state index in [-0.39, 0.29) is 47.1 Å². The maximum absolute atomic E-state index is 13.0. The molecule has 308 valence electrons. The van der Waals surface area contributed by atoms with E-state index in [0.29, 0.717) is 54.5 Å². The number of nitrogens with one attached hydrogen (secondary N) is 3. The van der Waals surface area contributed by atoms with Crippen LogP contribution >= 0.6 is 0 Å². The Morgan fingerprint density at radius 2 is 1.64 bits per heavy atom. The van der Waals surface area contributed by atoms with Crippen LogP contribution in [0.15, 0.2) is 96.4 Å². The van der Waals surface area contributed by atoms with E-state index in [1.54, 1.807) is 52.1 Å². The van der Waals surface area contributed by atoms with Gasteiger partial charge in [-0.2, -0.15) is 15.1 Å². The Balaban J connectivity index is 1.09. The Morgan fingerprint density at radius 1 is 0.949 bits per heavy atom. The fourth-order valence-corrected chi connectivity index (χ4v) is 8.34. The number of aromatic nitrogens is 6. The lowest BCUT2D eigenvalue weighted by atomic mass is 9.91. The van der Waals surface area contributed by atoms with Gasteiger partial charge in [-0.25, -0.2) is 23.3 Å². The SMILES string of the molecule is NS(=O)(=O)c1cccc(NC(=O)N[C@@H]2CCN(c3nc(NCC(c4ccc(O)cc4)c4ccc(O)cc4)c4ncn([C@@H]5C[C@H](n6cc(CO)cn6)[C@@H](O)[C@H]5O)c4n3)C2)c1. The quantitative estimate of drug-likeness (QED) is 0.0856. The number of nitrogens with zero attached hydrogens (tertiary/aromatic N) is 7. The van der Waals surface area contributed by atoms with Gasteiger partial charge >= 0.3 is 6.03 Å². The molecule has 0 bridgehead atoms. The summed E-state index contributed by atoms with van der Waals surface area (Å²) in [5, 5.41) is 70.8. The molecule has 1 saturated heterocycles. The molecule has 1 saturated carbocycles. The van der Waals surface area contributed by atoms with Crippen LogP contribution in [0.4, 0.5) is 22.2 Å². The highest BCUT2D eigenvalue weighted by atomic mass is 32.2.